The number of benzene rings is 2. The van der Waals surface area contributed by atoms with Gasteiger partial charge in [0, 0.05) is 11.8 Å². The summed E-state index contributed by atoms with van der Waals surface area (Å²) in [6.07, 6.45) is 2.86. The van der Waals surface area contributed by atoms with Crippen molar-refractivity contribution in [1.29, 1.82) is 0 Å². The van der Waals surface area contributed by atoms with Crippen molar-refractivity contribution < 1.29 is 14.5 Å². The number of hydrogen-bond donors (Lipinski definition) is 1. The van der Waals surface area contributed by atoms with Crippen LogP contribution in [-0.2, 0) is 0 Å². The third-order valence-corrected chi connectivity index (χ3v) is 3.94. The van der Waals surface area contributed by atoms with E-state index in [-0.39, 0.29) is 11.6 Å². The van der Waals surface area contributed by atoms with E-state index in [0.717, 1.165) is 16.5 Å². The molecule has 128 valence electrons. The van der Waals surface area contributed by atoms with Crippen LogP contribution in [0.1, 0.15) is 5.56 Å². The average molecular weight is 348 g/mol. The fraction of sp³-hybridized carbons (Fsp3) is 0. The first-order chi connectivity index (χ1) is 12.7. The Labute approximate surface area is 146 Å². The molecule has 0 radical (unpaired) electrons. The molecule has 4 rings (SSSR count). The van der Waals surface area contributed by atoms with E-state index in [9.17, 15) is 10.1 Å². The second-order valence-corrected chi connectivity index (χ2v) is 5.55. The van der Waals surface area contributed by atoms with Crippen LogP contribution in [0.2, 0.25) is 0 Å². The summed E-state index contributed by atoms with van der Waals surface area (Å²) in [7, 11) is 0. The summed E-state index contributed by atoms with van der Waals surface area (Å²) in [4.78, 5) is 10.2. The molecule has 0 aliphatic heterocycles. The van der Waals surface area contributed by atoms with Crippen LogP contribution < -0.4 is 0 Å². The number of fused-ring (bicyclic) bond motifs is 1. The Kier molecular flexibility index (Phi) is 3.70. The lowest BCUT2D eigenvalue weighted by molar-refractivity contribution is -0.401. The first kappa shape index (κ1) is 15.6. The zero-order valence-electron chi connectivity index (χ0n) is 13.3. The number of rotatable bonds is 4. The van der Waals surface area contributed by atoms with Gasteiger partial charge in [-0.15, -0.1) is 0 Å². The van der Waals surface area contributed by atoms with Crippen molar-refractivity contribution in [2.75, 3.05) is 0 Å². The van der Waals surface area contributed by atoms with Gasteiger partial charge in [-0.1, -0.05) is 35.5 Å². The highest BCUT2D eigenvalue weighted by atomic mass is 16.6. The van der Waals surface area contributed by atoms with Crippen LogP contribution in [0.15, 0.2) is 70.4 Å². The third-order valence-electron chi connectivity index (χ3n) is 3.94. The van der Waals surface area contributed by atoms with E-state index in [1.54, 1.807) is 10.9 Å². The predicted octanol–water partition coefficient (Wildman–Crippen LogP) is 4.00. The first-order valence-electron chi connectivity index (χ1n) is 7.66. The van der Waals surface area contributed by atoms with Crippen molar-refractivity contribution in [3.63, 3.8) is 0 Å². The number of nitro groups is 1. The van der Waals surface area contributed by atoms with Crippen LogP contribution in [0.4, 0.5) is 5.88 Å². The van der Waals surface area contributed by atoms with E-state index < -0.39 is 4.92 Å². The molecule has 0 unspecified atom stereocenters. The van der Waals surface area contributed by atoms with Gasteiger partial charge in [0.15, 0.2) is 5.76 Å². The molecule has 2 aromatic heterocycles. The van der Waals surface area contributed by atoms with Gasteiger partial charge in [0.05, 0.1) is 18.0 Å². The molecule has 8 heteroatoms. The molecular formula is C18H12N4O4. The van der Waals surface area contributed by atoms with Crippen LogP contribution in [-0.4, -0.2) is 26.1 Å². The highest BCUT2D eigenvalue weighted by Crippen LogP contribution is 2.28. The minimum atomic E-state index is -0.621. The number of hydrogen-bond acceptors (Lipinski definition) is 6. The molecule has 0 saturated heterocycles. The van der Waals surface area contributed by atoms with Gasteiger partial charge in [-0.2, -0.15) is 5.10 Å². The maximum atomic E-state index is 10.8. The third kappa shape index (κ3) is 2.69. The monoisotopic (exact) mass is 348 g/mol. The van der Waals surface area contributed by atoms with Crippen LogP contribution in [0.25, 0.3) is 27.9 Å². The van der Waals surface area contributed by atoms with E-state index in [1.165, 1.54) is 18.3 Å². The number of oxime groups is 1. The van der Waals surface area contributed by atoms with Crippen molar-refractivity contribution in [3.05, 3.63) is 76.5 Å². The Hall–Kier alpha value is -3.94. The number of nitrogens with zero attached hydrogens (tertiary/aromatic N) is 4. The molecule has 0 aliphatic carbocycles. The molecule has 2 aromatic carbocycles. The summed E-state index contributed by atoms with van der Waals surface area (Å²) < 4.78 is 6.82. The van der Waals surface area contributed by atoms with Gasteiger partial charge in [0.2, 0.25) is 0 Å². The lowest BCUT2D eigenvalue weighted by atomic mass is 10.1. The number of furan rings is 1. The predicted molar refractivity (Wildman–Crippen MR) is 94.8 cm³/mol. The van der Waals surface area contributed by atoms with Gasteiger partial charge in [-0.25, -0.2) is 4.68 Å². The van der Waals surface area contributed by atoms with E-state index in [2.05, 4.69) is 10.3 Å². The largest absolute Gasteiger partial charge is 0.433 e. The summed E-state index contributed by atoms with van der Waals surface area (Å²) in [6.45, 7) is 0. The average Bonchev–Trinajstić information content (AvgIpc) is 3.29. The molecule has 0 fully saturated rings. The van der Waals surface area contributed by atoms with Gasteiger partial charge >= 0.3 is 5.88 Å². The molecule has 0 spiro atoms. The SMILES string of the molecule is O=[N+]([O-])c1ccc(-c2nn(-c3ccc4ccccc4c3)cc2C=NO)o1. The second-order valence-electron chi connectivity index (χ2n) is 5.55. The summed E-state index contributed by atoms with van der Waals surface area (Å²) in [5.41, 5.74) is 1.59. The maximum absolute atomic E-state index is 10.8. The standard InChI is InChI=1S/C18H12N4O4/c23-19-10-14-11-21(15-6-5-12-3-1-2-4-13(12)9-15)20-18(14)16-7-8-17(26-16)22(24)25/h1-11,23H. The minimum Gasteiger partial charge on any atom is -0.411 e. The first-order valence-corrected chi connectivity index (χ1v) is 7.66. The molecule has 0 amide bonds. The van der Waals surface area contributed by atoms with Crippen molar-refractivity contribution in [2.24, 2.45) is 5.16 Å². The summed E-state index contributed by atoms with van der Waals surface area (Å²) in [5, 5.41) is 29.4. The van der Waals surface area contributed by atoms with Crippen LogP contribution >= 0.6 is 0 Å². The topological polar surface area (TPSA) is 107 Å². The summed E-state index contributed by atoms with van der Waals surface area (Å²) >= 11 is 0. The molecule has 8 nitrogen and oxygen atoms in total. The van der Waals surface area contributed by atoms with Crippen LogP contribution in [0.3, 0.4) is 0 Å². The van der Waals surface area contributed by atoms with E-state index >= 15 is 0 Å². The van der Waals surface area contributed by atoms with Crippen molar-refractivity contribution >= 4 is 22.9 Å². The van der Waals surface area contributed by atoms with Crippen LogP contribution in [0.5, 0.6) is 0 Å². The highest BCUT2D eigenvalue weighted by Gasteiger charge is 2.19. The fourth-order valence-corrected chi connectivity index (χ4v) is 2.74. The van der Waals surface area contributed by atoms with Gasteiger partial charge in [0.1, 0.15) is 10.6 Å². The Bertz CT molecular complexity index is 1140. The molecule has 26 heavy (non-hydrogen) atoms. The Balaban J connectivity index is 1.82. The lowest BCUT2D eigenvalue weighted by Crippen LogP contribution is -1.94. The van der Waals surface area contributed by atoms with Crippen LogP contribution in [0, 0.1) is 10.1 Å². The Morgan fingerprint density at radius 3 is 2.69 bits per heavy atom. The lowest BCUT2D eigenvalue weighted by Gasteiger charge is -2.03. The smallest absolute Gasteiger partial charge is 0.411 e. The zero-order valence-corrected chi connectivity index (χ0v) is 13.3. The van der Waals surface area contributed by atoms with Gasteiger partial charge in [-0.05, 0) is 29.0 Å². The maximum Gasteiger partial charge on any atom is 0.433 e. The van der Waals surface area contributed by atoms with Gasteiger partial charge in [0.25, 0.3) is 0 Å². The number of aromatic nitrogens is 2. The highest BCUT2D eigenvalue weighted by molar-refractivity contribution is 5.88. The molecule has 0 bridgehead atoms. The summed E-state index contributed by atoms with van der Waals surface area (Å²) in [5.74, 6) is -0.168. The quantitative estimate of drug-likeness (QED) is 0.260. The normalized spacial score (nSPS) is 11.4. The second kappa shape index (κ2) is 6.17. The van der Waals surface area contributed by atoms with Crippen molar-refractivity contribution in [2.45, 2.75) is 0 Å². The van der Waals surface area contributed by atoms with E-state index in [1.807, 2.05) is 42.5 Å². The molecule has 0 atom stereocenters. The van der Waals surface area contributed by atoms with Crippen molar-refractivity contribution in [1.82, 2.24) is 9.78 Å². The van der Waals surface area contributed by atoms with Crippen molar-refractivity contribution in [3.8, 4) is 17.1 Å². The minimum absolute atomic E-state index is 0.214. The molecule has 0 aliphatic rings. The Morgan fingerprint density at radius 2 is 1.96 bits per heavy atom. The van der Waals surface area contributed by atoms with E-state index in [0.29, 0.717) is 11.3 Å². The Morgan fingerprint density at radius 1 is 1.15 bits per heavy atom. The molecule has 4 aromatic rings. The molecule has 1 N–H and O–H groups in total. The van der Waals surface area contributed by atoms with Gasteiger partial charge < -0.3 is 9.62 Å². The molecule has 0 saturated carbocycles. The van der Waals surface area contributed by atoms with E-state index in [4.69, 9.17) is 9.62 Å². The molecular weight excluding hydrogens is 336 g/mol. The fourth-order valence-electron chi connectivity index (χ4n) is 2.74. The molecule has 2 heterocycles. The van der Waals surface area contributed by atoms with Gasteiger partial charge in [-0.3, -0.25) is 10.1 Å². The zero-order chi connectivity index (χ0) is 18.1. The summed E-state index contributed by atoms with van der Waals surface area (Å²) in [6, 6.07) is 16.5.